The zero-order valence-electron chi connectivity index (χ0n) is 12.4. The summed E-state index contributed by atoms with van der Waals surface area (Å²) in [5.41, 5.74) is 0. The molecule has 2 aliphatic carbocycles. The van der Waals surface area contributed by atoms with Crippen molar-refractivity contribution in [1.29, 1.82) is 0 Å². The van der Waals surface area contributed by atoms with Crippen molar-refractivity contribution in [2.24, 2.45) is 11.8 Å². The first-order valence-corrected chi connectivity index (χ1v) is 8.25. The largest absolute Gasteiger partial charge is 0.342 e. The minimum absolute atomic E-state index is 0.0304. The molecule has 0 aromatic heterocycles. The first-order chi connectivity index (χ1) is 9.65. The molecule has 2 unspecified atom stereocenters. The highest BCUT2D eigenvalue weighted by molar-refractivity contribution is 5.95. The Hall–Kier alpha value is -1.06. The van der Waals surface area contributed by atoms with Crippen molar-refractivity contribution in [2.45, 2.75) is 70.4 Å². The normalized spacial score (nSPS) is 30.2. The van der Waals surface area contributed by atoms with Crippen LogP contribution in [0.5, 0.6) is 0 Å². The summed E-state index contributed by atoms with van der Waals surface area (Å²) in [6.45, 7) is 2.36. The topological polar surface area (TPSA) is 49.4 Å². The van der Waals surface area contributed by atoms with Crippen LogP contribution in [-0.2, 0) is 9.59 Å². The number of rotatable bonds is 4. The Morgan fingerprint density at radius 1 is 1.15 bits per heavy atom. The van der Waals surface area contributed by atoms with Crippen LogP contribution >= 0.6 is 0 Å². The van der Waals surface area contributed by atoms with Crippen LogP contribution in [0.2, 0.25) is 0 Å². The highest BCUT2D eigenvalue weighted by Crippen LogP contribution is 2.35. The predicted molar refractivity (Wildman–Crippen MR) is 77.0 cm³/mol. The van der Waals surface area contributed by atoms with E-state index in [1.807, 2.05) is 4.90 Å². The standard InChI is InChI=1S/C16H26N2O2/c1-11(9-12-7-8-12)18-10-14(19)17-15(16(18)20)13-5-3-2-4-6-13/h11-13,15H,2-10H2,1H3,(H,17,19). The molecule has 0 bridgehead atoms. The summed E-state index contributed by atoms with van der Waals surface area (Å²) in [7, 11) is 0. The number of carbonyl (C=O) groups is 2. The molecule has 3 rings (SSSR count). The van der Waals surface area contributed by atoms with Crippen LogP contribution in [0.4, 0.5) is 0 Å². The van der Waals surface area contributed by atoms with Crippen molar-refractivity contribution < 1.29 is 9.59 Å². The summed E-state index contributed by atoms with van der Waals surface area (Å²) in [6, 6.07) is -0.0367. The third kappa shape index (κ3) is 2.99. The average molecular weight is 278 g/mol. The van der Waals surface area contributed by atoms with Gasteiger partial charge in [0.25, 0.3) is 0 Å². The van der Waals surface area contributed by atoms with E-state index in [9.17, 15) is 9.59 Å². The van der Waals surface area contributed by atoms with Gasteiger partial charge in [-0.1, -0.05) is 32.1 Å². The third-order valence-electron chi connectivity index (χ3n) is 5.20. The van der Waals surface area contributed by atoms with E-state index in [-0.39, 0.29) is 30.4 Å². The average Bonchev–Trinajstić information content (AvgIpc) is 3.26. The Kier molecular flexibility index (Phi) is 3.99. The van der Waals surface area contributed by atoms with Gasteiger partial charge in [0.1, 0.15) is 6.04 Å². The number of nitrogens with one attached hydrogen (secondary N) is 1. The second kappa shape index (κ2) is 5.74. The van der Waals surface area contributed by atoms with Gasteiger partial charge in [-0.15, -0.1) is 0 Å². The van der Waals surface area contributed by atoms with Gasteiger partial charge in [0.2, 0.25) is 11.8 Å². The van der Waals surface area contributed by atoms with E-state index in [1.54, 1.807) is 0 Å². The lowest BCUT2D eigenvalue weighted by Crippen LogP contribution is -2.62. The van der Waals surface area contributed by atoms with E-state index < -0.39 is 0 Å². The number of hydrogen-bond donors (Lipinski definition) is 1. The fourth-order valence-electron chi connectivity index (χ4n) is 3.82. The molecule has 0 radical (unpaired) electrons. The van der Waals surface area contributed by atoms with Gasteiger partial charge in [0.15, 0.2) is 0 Å². The maximum Gasteiger partial charge on any atom is 0.246 e. The highest BCUT2D eigenvalue weighted by atomic mass is 16.2. The monoisotopic (exact) mass is 278 g/mol. The van der Waals surface area contributed by atoms with Crippen molar-refractivity contribution in [2.75, 3.05) is 6.54 Å². The minimum atomic E-state index is -0.252. The van der Waals surface area contributed by atoms with Crippen LogP contribution in [0.15, 0.2) is 0 Å². The van der Waals surface area contributed by atoms with Gasteiger partial charge in [-0.2, -0.15) is 0 Å². The molecular formula is C16H26N2O2. The molecule has 3 aliphatic rings. The van der Waals surface area contributed by atoms with E-state index in [2.05, 4.69) is 12.2 Å². The van der Waals surface area contributed by atoms with E-state index in [0.717, 1.165) is 25.2 Å². The lowest BCUT2D eigenvalue weighted by atomic mass is 9.82. The van der Waals surface area contributed by atoms with Gasteiger partial charge in [-0.05, 0) is 38.0 Å². The smallest absolute Gasteiger partial charge is 0.246 e. The van der Waals surface area contributed by atoms with Gasteiger partial charge in [0.05, 0.1) is 6.54 Å². The van der Waals surface area contributed by atoms with E-state index >= 15 is 0 Å². The molecule has 0 spiro atoms. The molecule has 4 nitrogen and oxygen atoms in total. The van der Waals surface area contributed by atoms with Gasteiger partial charge in [-0.3, -0.25) is 9.59 Å². The number of carbonyl (C=O) groups excluding carboxylic acids is 2. The first-order valence-electron chi connectivity index (χ1n) is 8.25. The number of piperazine rings is 1. The quantitative estimate of drug-likeness (QED) is 0.856. The molecule has 1 aliphatic heterocycles. The molecule has 1 saturated heterocycles. The predicted octanol–water partition coefficient (Wildman–Crippen LogP) is 2.08. The molecule has 112 valence electrons. The van der Waals surface area contributed by atoms with Crippen LogP contribution < -0.4 is 5.32 Å². The van der Waals surface area contributed by atoms with Crippen LogP contribution in [0.1, 0.15) is 58.3 Å². The Labute approximate surface area is 121 Å². The second-order valence-corrected chi connectivity index (χ2v) is 6.94. The zero-order valence-corrected chi connectivity index (χ0v) is 12.4. The van der Waals surface area contributed by atoms with Crippen molar-refractivity contribution >= 4 is 11.8 Å². The molecule has 1 N–H and O–H groups in total. The van der Waals surface area contributed by atoms with Crippen LogP contribution in [-0.4, -0.2) is 35.3 Å². The Bertz CT molecular complexity index is 386. The zero-order chi connectivity index (χ0) is 14.1. The Balaban J connectivity index is 1.67. The van der Waals surface area contributed by atoms with E-state index in [0.29, 0.717) is 5.92 Å². The molecule has 0 aromatic carbocycles. The SMILES string of the molecule is CC(CC1CC1)N1CC(=O)NC(C2CCCCC2)C1=O. The maximum atomic E-state index is 12.7. The maximum absolute atomic E-state index is 12.7. The van der Waals surface area contributed by atoms with Gasteiger partial charge < -0.3 is 10.2 Å². The fraction of sp³-hybridized carbons (Fsp3) is 0.875. The van der Waals surface area contributed by atoms with E-state index in [1.165, 1.54) is 32.1 Å². The molecule has 3 fully saturated rings. The molecule has 0 aromatic rings. The molecule has 2 saturated carbocycles. The fourth-order valence-corrected chi connectivity index (χ4v) is 3.82. The molecule has 1 heterocycles. The highest BCUT2D eigenvalue weighted by Gasteiger charge is 2.40. The Morgan fingerprint density at radius 2 is 1.85 bits per heavy atom. The summed E-state index contributed by atoms with van der Waals surface area (Å²) >= 11 is 0. The van der Waals surface area contributed by atoms with Crippen LogP contribution in [0.25, 0.3) is 0 Å². The van der Waals surface area contributed by atoms with Gasteiger partial charge in [0, 0.05) is 6.04 Å². The number of hydrogen-bond acceptors (Lipinski definition) is 2. The molecule has 20 heavy (non-hydrogen) atoms. The second-order valence-electron chi connectivity index (χ2n) is 6.94. The summed E-state index contributed by atoms with van der Waals surface area (Å²) < 4.78 is 0. The van der Waals surface area contributed by atoms with Gasteiger partial charge in [-0.25, -0.2) is 0 Å². The Morgan fingerprint density at radius 3 is 2.50 bits per heavy atom. The third-order valence-corrected chi connectivity index (χ3v) is 5.20. The summed E-state index contributed by atoms with van der Waals surface area (Å²) in [5.74, 6) is 1.35. The molecule has 2 amide bonds. The van der Waals surface area contributed by atoms with Crippen molar-refractivity contribution in [3.63, 3.8) is 0 Å². The summed E-state index contributed by atoms with van der Waals surface area (Å²) in [6.07, 6.45) is 9.49. The lowest BCUT2D eigenvalue weighted by molar-refractivity contribution is -0.148. The van der Waals surface area contributed by atoms with Crippen molar-refractivity contribution in [1.82, 2.24) is 10.2 Å². The first kappa shape index (κ1) is 13.9. The molecular weight excluding hydrogens is 252 g/mol. The summed E-state index contributed by atoms with van der Waals surface area (Å²) in [4.78, 5) is 26.5. The van der Waals surface area contributed by atoms with Crippen molar-refractivity contribution in [3.8, 4) is 0 Å². The molecule has 4 heteroatoms. The summed E-state index contributed by atoms with van der Waals surface area (Å²) in [5, 5.41) is 2.96. The lowest BCUT2D eigenvalue weighted by Gasteiger charge is -2.40. The minimum Gasteiger partial charge on any atom is -0.342 e. The van der Waals surface area contributed by atoms with E-state index in [4.69, 9.17) is 0 Å². The van der Waals surface area contributed by atoms with Crippen molar-refractivity contribution in [3.05, 3.63) is 0 Å². The molecule has 2 atom stereocenters. The van der Waals surface area contributed by atoms with Crippen LogP contribution in [0, 0.1) is 11.8 Å². The van der Waals surface area contributed by atoms with Crippen LogP contribution in [0.3, 0.4) is 0 Å². The number of nitrogens with zero attached hydrogens (tertiary/aromatic N) is 1. The number of amides is 2. The van der Waals surface area contributed by atoms with Gasteiger partial charge >= 0.3 is 0 Å².